The van der Waals surface area contributed by atoms with Gasteiger partial charge in [0.25, 0.3) is 5.91 Å². The summed E-state index contributed by atoms with van der Waals surface area (Å²) in [7, 11) is 0. The minimum absolute atomic E-state index is 0.0197. The zero-order valence-corrected chi connectivity index (χ0v) is 12.8. The Bertz CT molecular complexity index is 773. The third-order valence-electron chi connectivity index (χ3n) is 5.09. The van der Waals surface area contributed by atoms with Gasteiger partial charge in [0.05, 0.1) is 11.1 Å². The summed E-state index contributed by atoms with van der Waals surface area (Å²) in [4.78, 5) is 12.5. The van der Waals surface area contributed by atoms with Crippen LogP contribution in [0.5, 0.6) is 0 Å². The summed E-state index contributed by atoms with van der Waals surface area (Å²) in [5, 5.41) is 13.0. The van der Waals surface area contributed by atoms with Crippen LogP contribution in [0.2, 0.25) is 0 Å². The summed E-state index contributed by atoms with van der Waals surface area (Å²) < 4.78 is 38.6. The number of hydrogen-bond acceptors (Lipinski definition) is 3. The first-order valence-corrected chi connectivity index (χ1v) is 7.98. The highest BCUT2D eigenvalue weighted by Gasteiger charge is 2.38. The van der Waals surface area contributed by atoms with E-state index in [1.165, 1.54) is 6.07 Å². The second-order valence-corrected chi connectivity index (χ2v) is 6.65. The van der Waals surface area contributed by atoms with Crippen LogP contribution in [0.25, 0.3) is 10.9 Å². The van der Waals surface area contributed by atoms with Crippen molar-refractivity contribution in [1.29, 1.82) is 0 Å². The molecule has 2 unspecified atom stereocenters. The molecule has 8 heteroatoms. The zero-order valence-electron chi connectivity index (χ0n) is 12.8. The van der Waals surface area contributed by atoms with E-state index in [-0.39, 0.29) is 17.1 Å². The Morgan fingerprint density at radius 2 is 1.92 bits per heavy atom. The molecule has 2 fully saturated rings. The van der Waals surface area contributed by atoms with E-state index in [2.05, 4.69) is 20.8 Å². The van der Waals surface area contributed by atoms with E-state index in [1.54, 1.807) is 0 Å². The van der Waals surface area contributed by atoms with Crippen molar-refractivity contribution in [3.63, 3.8) is 0 Å². The van der Waals surface area contributed by atoms with E-state index in [4.69, 9.17) is 0 Å². The number of H-pyrrole nitrogens is 1. The van der Waals surface area contributed by atoms with Crippen LogP contribution < -0.4 is 10.6 Å². The third kappa shape index (κ3) is 2.64. The van der Waals surface area contributed by atoms with E-state index < -0.39 is 17.6 Å². The number of aromatic nitrogens is 2. The summed E-state index contributed by atoms with van der Waals surface area (Å²) in [6.07, 6.45) is -2.64. The number of rotatable bonds is 2. The SMILES string of the molecule is O=C(NC1CC2CNCC2C1)c1n[nH]c2ccc(C(F)(F)F)cc12. The van der Waals surface area contributed by atoms with Gasteiger partial charge in [0.15, 0.2) is 5.69 Å². The Balaban J connectivity index is 1.56. The number of nitrogens with zero attached hydrogens (tertiary/aromatic N) is 1. The topological polar surface area (TPSA) is 69.8 Å². The molecule has 1 aliphatic heterocycles. The molecule has 2 atom stereocenters. The van der Waals surface area contributed by atoms with Crippen molar-refractivity contribution in [3.8, 4) is 0 Å². The molecule has 0 radical (unpaired) electrons. The number of alkyl halides is 3. The smallest absolute Gasteiger partial charge is 0.348 e. The number of halogens is 3. The zero-order chi connectivity index (χ0) is 16.9. The van der Waals surface area contributed by atoms with Crippen molar-refractivity contribution in [2.45, 2.75) is 25.1 Å². The number of nitrogens with one attached hydrogen (secondary N) is 3. The molecular weight excluding hydrogens is 321 g/mol. The molecule has 24 heavy (non-hydrogen) atoms. The lowest BCUT2D eigenvalue weighted by Gasteiger charge is -2.13. The molecule has 2 aliphatic rings. The largest absolute Gasteiger partial charge is 0.416 e. The first kappa shape index (κ1) is 15.4. The molecule has 1 saturated heterocycles. The third-order valence-corrected chi connectivity index (χ3v) is 5.09. The highest BCUT2D eigenvalue weighted by Crippen LogP contribution is 2.35. The Labute approximate surface area is 136 Å². The van der Waals surface area contributed by atoms with Crippen LogP contribution in [0.3, 0.4) is 0 Å². The molecule has 1 aromatic carbocycles. The maximum absolute atomic E-state index is 12.9. The van der Waals surface area contributed by atoms with Gasteiger partial charge in [0, 0.05) is 11.4 Å². The Morgan fingerprint density at radius 3 is 2.58 bits per heavy atom. The molecule has 4 rings (SSSR count). The highest BCUT2D eigenvalue weighted by atomic mass is 19.4. The molecule has 1 amide bonds. The van der Waals surface area contributed by atoms with Gasteiger partial charge < -0.3 is 10.6 Å². The van der Waals surface area contributed by atoms with Crippen LogP contribution in [0.1, 0.15) is 28.9 Å². The predicted molar refractivity (Wildman–Crippen MR) is 81.4 cm³/mol. The molecule has 1 aliphatic carbocycles. The van der Waals surface area contributed by atoms with Crippen molar-refractivity contribution in [2.75, 3.05) is 13.1 Å². The number of carbonyl (C=O) groups excluding carboxylic acids is 1. The summed E-state index contributed by atoms with van der Waals surface area (Å²) in [5.41, 5.74) is -0.348. The molecule has 0 spiro atoms. The first-order valence-electron chi connectivity index (χ1n) is 7.98. The van der Waals surface area contributed by atoms with E-state index in [0.717, 1.165) is 38.1 Å². The van der Waals surface area contributed by atoms with E-state index >= 15 is 0 Å². The predicted octanol–water partition coefficient (Wildman–Crippen LogP) is 2.31. The molecule has 0 bridgehead atoms. The number of benzene rings is 1. The van der Waals surface area contributed by atoms with Gasteiger partial charge in [0.2, 0.25) is 0 Å². The van der Waals surface area contributed by atoms with Gasteiger partial charge in [-0.05, 0) is 56.0 Å². The molecule has 5 nitrogen and oxygen atoms in total. The van der Waals surface area contributed by atoms with Crippen LogP contribution >= 0.6 is 0 Å². The number of hydrogen-bond donors (Lipinski definition) is 3. The van der Waals surface area contributed by atoms with Crippen LogP contribution in [0.4, 0.5) is 13.2 Å². The maximum Gasteiger partial charge on any atom is 0.416 e. The molecule has 1 saturated carbocycles. The van der Waals surface area contributed by atoms with Gasteiger partial charge >= 0.3 is 6.18 Å². The number of carbonyl (C=O) groups is 1. The van der Waals surface area contributed by atoms with Crippen molar-refractivity contribution in [3.05, 3.63) is 29.5 Å². The second-order valence-electron chi connectivity index (χ2n) is 6.65. The van der Waals surface area contributed by atoms with Crippen LogP contribution in [-0.4, -0.2) is 35.2 Å². The van der Waals surface area contributed by atoms with Crippen LogP contribution in [0.15, 0.2) is 18.2 Å². The molecule has 2 aromatic rings. The summed E-state index contributed by atoms with van der Waals surface area (Å²) >= 11 is 0. The summed E-state index contributed by atoms with van der Waals surface area (Å²) in [6.45, 7) is 1.94. The van der Waals surface area contributed by atoms with E-state index in [0.29, 0.717) is 17.4 Å². The Kier molecular flexibility index (Phi) is 3.52. The fourth-order valence-corrected chi connectivity index (χ4v) is 3.90. The fraction of sp³-hybridized carbons (Fsp3) is 0.500. The van der Waals surface area contributed by atoms with Gasteiger partial charge in [-0.1, -0.05) is 0 Å². The highest BCUT2D eigenvalue weighted by molar-refractivity contribution is 6.04. The van der Waals surface area contributed by atoms with Gasteiger partial charge in [-0.25, -0.2) is 0 Å². The maximum atomic E-state index is 12.9. The van der Waals surface area contributed by atoms with Crippen molar-refractivity contribution >= 4 is 16.8 Å². The quantitative estimate of drug-likeness (QED) is 0.787. The van der Waals surface area contributed by atoms with Gasteiger partial charge in [-0.15, -0.1) is 0 Å². The monoisotopic (exact) mass is 338 g/mol. The molecule has 3 N–H and O–H groups in total. The van der Waals surface area contributed by atoms with Crippen molar-refractivity contribution < 1.29 is 18.0 Å². The molecular formula is C16H17F3N4O. The summed E-state index contributed by atoms with van der Waals surface area (Å²) in [5.74, 6) is 0.727. The van der Waals surface area contributed by atoms with Crippen LogP contribution in [0, 0.1) is 11.8 Å². The average Bonchev–Trinajstić information content (AvgIpc) is 3.18. The lowest BCUT2D eigenvalue weighted by molar-refractivity contribution is -0.137. The average molecular weight is 338 g/mol. The Morgan fingerprint density at radius 1 is 1.21 bits per heavy atom. The van der Waals surface area contributed by atoms with Gasteiger partial charge in [-0.3, -0.25) is 9.89 Å². The Hall–Kier alpha value is -2.09. The van der Waals surface area contributed by atoms with Crippen molar-refractivity contribution in [2.24, 2.45) is 11.8 Å². The van der Waals surface area contributed by atoms with Gasteiger partial charge in [-0.2, -0.15) is 18.3 Å². The van der Waals surface area contributed by atoms with E-state index in [9.17, 15) is 18.0 Å². The van der Waals surface area contributed by atoms with Crippen LogP contribution in [-0.2, 0) is 6.18 Å². The standard InChI is InChI=1S/C16H17F3N4O/c17-16(18,19)10-1-2-13-12(5-10)14(23-22-13)15(24)21-11-3-8-6-20-7-9(8)4-11/h1-2,5,8-9,11,20H,3-4,6-7H2,(H,21,24)(H,22,23). The fourth-order valence-electron chi connectivity index (χ4n) is 3.90. The minimum Gasteiger partial charge on any atom is -0.348 e. The minimum atomic E-state index is -4.45. The molecule has 128 valence electrons. The number of aromatic amines is 1. The first-order chi connectivity index (χ1) is 11.4. The molecule has 1 aromatic heterocycles. The second kappa shape index (κ2) is 5.47. The molecule has 2 heterocycles. The lowest BCUT2D eigenvalue weighted by Crippen LogP contribution is -2.34. The number of fused-ring (bicyclic) bond motifs is 2. The summed E-state index contributed by atoms with van der Waals surface area (Å²) in [6, 6.07) is 3.31. The van der Waals surface area contributed by atoms with Gasteiger partial charge in [0.1, 0.15) is 0 Å². The lowest BCUT2D eigenvalue weighted by atomic mass is 10.0. The number of amides is 1. The van der Waals surface area contributed by atoms with Crippen molar-refractivity contribution in [1.82, 2.24) is 20.8 Å². The van der Waals surface area contributed by atoms with E-state index in [1.807, 2.05) is 0 Å². The normalized spacial score (nSPS) is 26.7.